The summed E-state index contributed by atoms with van der Waals surface area (Å²) in [5.74, 6) is -0.0496. The Morgan fingerprint density at radius 2 is 1.79 bits per heavy atom. The molecule has 8 nitrogen and oxygen atoms in total. The minimum Gasteiger partial charge on any atom is -0.495 e. The predicted molar refractivity (Wildman–Crippen MR) is 134 cm³/mol. The Morgan fingerprint density at radius 3 is 2.41 bits per heavy atom. The number of anilines is 1. The number of benzene rings is 2. The van der Waals surface area contributed by atoms with E-state index in [9.17, 15) is 13.2 Å². The van der Waals surface area contributed by atoms with Gasteiger partial charge < -0.3 is 10.1 Å². The first kappa shape index (κ1) is 25.2. The van der Waals surface area contributed by atoms with Crippen LogP contribution in [0.25, 0.3) is 11.8 Å². The summed E-state index contributed by atoms with van der Waals surface area (Å²) in [5, 5.41) is 7.32. The molecule has 0 fully saturated rings. The molecule has 1 N–H and O–H groups in total. The van der Waals surface area contributed by atoms with E-state index in [0.29, 0.717) is 18.8 Å². The number of hydrogen-bond acceptors (Lipinski definition) is 5. The predicted octanol–water partition coefficient (Wildman–Crippen LogP) is 4.18. The van der Waals surface area contributed by atoms with Gasteiger partial charge in [-0.25, -0.2) is 13.1 Å². The molecule has 34 heavy (non-hydrogen) atoms. The van der Waals surface area contributed by atoms with Crippen LogP contribution in [0.1, 0.15) is 30.8 Å². The Balaban J connectivity index is 1.86. The van der Waals surface area contributed by atoms with E-state index in [1.54, 1.807) is 19.9 Å². The zero-order valence-corrected chi connectivity index (χ0v) is 20.9. The molecule has 0 aliphatic rings. The van der Waals surface area contributed by atoms with Crippen LogP contribution in [0.4, 0.5) is 5.69 Å². The van der Waals surface area contributed by atoms with Crippen LogP contribution in [-0.2, 0) is 14.8 Å². The van der Waals surface area contributed by atoms with Crippen molar-refractivity contribution >= 4 is 27.7 Å². The summed E-state index contributed by atoms with van der Waals surface area (Å²) >= 11 is 0. The van der Waals surface area contributed by atoms with Crippen molar-refractivity contribution < 1.29 is 17.9 Å². The number of ether oxygens (including phenoxy) is 1. The molecule has 0 saturated heterocycles. The van der Waals surface area contributed by atoms with Crippen LogP contribution in [0.3, 0.4) is 0 Å². The lowest BCUT2D eigenvalue weighted by Crippen LogP contribution is -2.30. The number of aryl methyl sites for hydroxylation is 1. The van der Waals surface area contributed by atoms with Crippen molar-refractivity contribution in [3.63, 3.8) is 0 Å². The van der Waals surface area contributed by atoms with Gasteiger partial charge in [0.05, 0.1) is 29.1 Å². The normalized spacial score (nSPS) is 11.8. The third-order valence-corrected chi connectivity index (χ3v) is 7.57. The molecule has 0 aliphatic heterocycles. The van der Waals surface area contributed by atoms with Gasteiger partial charge in [-0.1, -0.05) is 32.0 Å². The molecule has 1 amide bonds. The van der Waals surface area contributed by atoms with Gasteiger partial charge in [0, 0.05) is 30.4 Å². The van der Waals surface area contributed by atoms with E-state index < -0.39 is 15.9 Å². The number of aromatic nitrogens is 2. The Bertz CT molecular complexity index is 1290. The zero-order valence-electron chi connectivity index (χ0n) is 20.1. The van der Waals surface area contributed by atoms with Crippen molar-refractivity contribution in [3.8, 4) is 11.4 Å². The fraction of sp³-hybridized carbons (Fsp3) is 0.280. The van der Waals surface area contributed by atoms with E-state index >= 15 is 0 Å². The fourth-order valence-electron chi connectivity index (χ4n) is 3.71. The van der Waals surface area contributed by atoms with Gasteiger partial charge in [0.2, 0.25) is 15.9 Å². The van der Waals surface area contributed by atoms with Crippen molar-refractivity contribution in [2.45, 2.75) is 32.6 Å². The average molecular weight is 483 g/mol. The van der Waals surface area contributed by atoms with Crippen molar-refractivity contribution in [2.24, 2.45) is 0 Å². The SMILES string of the molecule is CCN(CC)S(=O)(=O)c1ccc(OC)c(NC(=O)/C=C/c2c(C)nn(-c3ccccc3)c2C)c1. The van der Waals surface area contributed by atoms with Crippen LogP contribution >= 0.6 is 0 Å². The maximum absolute atomic E-state index is 12.9. The molecule has 0 bridgehead atoms. The summed E-state index contributed by atoms with van der Waals surface area (Å²) in [5.41, 5.74) is 3.73. The van der Waals surface area contributed by atoms with Crippen LogP contribution in [0.2, 0.25) is 0 Å². The van der Waals surface area contributed by atoms with Gasteiger partial charge in [0.25, 0.3) is 0 Å². The lowest BCUT2D eigenvalue weighted by Gasteiger charge is -2.19. The first-order valence-corrected chi connectivity index (χ1v) is 12.5. The summed E-state index contributed by atoms with van der Waals surface area (Å²) in [6.45, 7) is 8.09. The van der Waals surface area contributed by atoms with Crippen molar-refractivity contribution in [2.75, 3.05) is 25.5 Å². The highest BCUT2D eigenvalue weighted by molar-refractivity contribution is 7.89. The van der Waals surface area contributed by atoms with Gasteiger partial charge >= 0.3 is 0 Å². The number of nitrogens with one attached hydrogen (secondary N) is 1. The van der Waals surface area contributed by atoms with Crippen LogP contribution in [0.15, 0.2) is 59.5 Å². The Kier molecular flexibility index (Phi) is 7.90. The lowest BCUT2D eigenvalue weighted by molar-refractivity contribution is -0.111. The number of carbonyl (C=O) groups excluding carboxylic acids is 1. The average Bonchev–Trinajstić information content (AvgIpc) is 3.12. The molecule has 9 heteroatoms. The zero-order chi connectivity index (χ0) is 24.9. The molecular formula is C25H30N4O4S. The van der Waals surface area contributed by atoms with E-state index in [0.717, 1.165) is 22.6 Å². The third kappa shape index (κ3) is 5.21. The van der Waals surface area contributed by atoms with Crippen molar-refractivity contribution in [1.29, 1.82) is 0 Å². The Hall–Kier alpha value is -3.43. The monoisotopic (exact) mass is 482 g/mol. The summed E-state index contributed by atoms with van der Waals surface area (Å²) in [6, 6.07) is 14.2. The number of para-hydroxylation sites is 1. The minimum absolute atomic E-state index is 0.0899. The largest absolute Gasteiger partial charge is 0.495 e. The van der Waals surface area contributed by atoms with Gasteiger partial charge in [-0.3, -0.25) is 4.79 Å². The van der Waals surface area contributed by atoms with Gasteiger partial charge in [0.15, 0.2) is 0 Å². The first-order chi connectivity index (χ1) is 16.2. The van der Waals surface area contributed by atoms with Crippen molar-refractivity contribution in [3.05, 3.63) is 71.6 Å². The highest BCUT2D eigenvalue weighted by Crippen LogP contribution is 2.29. The molecule has 0 aliphatic carbocycles. The summed E-state index contributed by atoms with van der Waals surface area (Å²) in [7, 11) is -2.21. The van der Waals surface area contributed by atoms with Gasteiger partial charge in [-0.15, -0.1) is 0 Å². The Morgan fingerprint density at radius 1 is 1.12 bits per heavy atom. The summed E-state index contributed by atoms with van der Waals surface area (Å²) < 4.78 is 34.3. The third-order valence-electron chi connectivity index (χ3n) is 5.52. The van der Waals surface area contributed by atoms with Crippen LogP contribution in [0.5, 0.6) is 5.75 Å². The van der Waals surface area contributed by atoms with E-state index in [1.807, 2.05) is 48.9 Å². The van der Waals surface area contributed by atoms with E-state index in [-0.39, 0.29) is 10.6 Å². The second-order valence-electron chi connectivity index (χ2n) is 7.61. The smallest absolute Gasteiger partial charge is 0.248 e. The highest BCUT2D eigenvalue weighted by atomic mass is 32.2. The number of amides is 1. The quantitative estimate of drug-likeness (QED) is 0.462. The molecule has 0 saturated carbocycles. The van der Waals surface area contributed by atoms with Crippen LogP contribution in [0, 0.1) is 13.8 Å². The molecule has 0 radical (unpaired) electrons. The fourth-order valence-corrected chi connectivity index (χ4v) is 5.19. The van der Waals surface area contributed by atoms with Gasteiger partial charge in [-0.2, -0.15) is 9.40 Å². The number of rotatable bonds is 9. The van der Waals surface area contributed by atoms with Crippen LogP contribution < -0.4 is 10.1 Å². The van der Waals surface area contributed by atoms with Gasteiger partial charge in [-0.05, 0) is 50.3 Å². The van der Waals surface area contributed by atoms with Crippen molar-refractivity contribution in [1.82, 2.24) is 14.1 Å². The number of hydrogen-bond donors (Lipinski definition) is 1. The lowest BCUT2D eigenvalue weighted by atomic mass is 10.2. The molecule has 1 heterocycles. The number of methoxy groups -OCH3 is 1. The summed E-state index contributed by atoms with van der Waals surface area (Å²) in [6.07, 6.45) is 3.10. The molecule has 3 rings (SSSR count). The molecule has 2 aromatic carbocycles. The topological polar surface area (TPSA) is 93.5 Å². The minimum atomic E-state index is -3.68. The first-order valence-electron chi connectivity index (χ1n) is 11.0. The molecule has 3 aromatic rings. The standard InChI is InChI=1S/C25H30N4O4S/c1-6-28(7-2)34(31,32)21-13-15-24(33-5)23(17-21)26-25(30)16-14-22-18(3)27-29(19(22)4)20-11-9-8-10-12-20/h8-17H,6-7H2,1-5H3,(H,26,30)/b16-14+. The second kappa shape index (κ2) is 10.7. The van der Waals surface area contributed by atoms with E-state index in [4.69, 9.17) is 4.74 Å². The maximum atomic E-state index is 12.9. The molecule has 1 aromatic heterocycles. The summed E-state index contributed by atoms with van der Waals surface area (Å²) in [4.78, 5) is 12.8. The number of sulfonamides is 1. The number of nitrogens with zero attached hydrogens (tertiary/aromatic N) is 3. The molecule has 0 unspecified atom stereocenters. The molecule has 180 valence electrons. The number of carbonyl (C=O) groups is 1. The van der Waals surface area contributed by atoms with Crippen LogP contribution in [-0.4, -0.2) is 48.6 Å². The Labute approximate surface area is 200 Å². The highest BCUT2D eigenvalue weighted by Gasteiger charge is 2.23. The maximum Gasteiger partial charge on any atom is 0.248 e. The second-order valence-corrected chi connectivity index (χ2v) is 9.54. The van der Waals surface area contributed by atoms with E-state index in [2.05, 4.69) is 10.4 Å². The molecule has 0 atom stereocenters. The van der Waals surface area contributed by atoms with Gasteiger partial charge in [0.1, 0.15) is 5.75 Å². The van der Waals surface area contributed by atoms with E-state index in [1.165, 1.54) is 35.7 Å². The molecule has 0 spiro atoms. The molecular weight excluding hydrogens is 452 g/mol.